The van der Waals surface area contributed by atoms with Crippen LogP contribution < -0.4 is 5.32 Å². The second-order valence-corrected chi connectivity index (χ2v) is 6.99. The van der Waals surface area contributed by atoms with Crippen LogP contribution in [0.2, 0.25) is 0 Å². The molecule has 132 valence electrons. The lowest BCUT2D eigenvalue weighted by atomic mass is 10.0. The molecule has 0 saturated carbocycles. The summed E-state index contributed by atoms with van der Waals surface area (Å²) in [5.74, 6) is -0.0198. The van der Waals surface area contributed by atoms with E-state index in [1.807, 2.05) is 43.3 Å². The molecule has 1 aliphatic heterocycles. The summed E-state index contributed by atoms with van der Waals surface area (Å²) >= 11 is 0. The van der Waals surface area contributed by atoms with Gasteiger partial charge >= 0.3 is 0 Å². The number of hydrogen-bond donors (Lipinski definition) is 1. The third-order valence-corrected chi connectivity index (χ3v) is 5.00. The highest BCUT2D eigenvalue weighted by atomic mass is 16.2. The Labute approximate surface area is 152 Å². The molecular weight excluding hydrogens is 326 g/mol. The van der Waals surface area contributed by atoms with Crippen molar-refractivity contribution in [1.82, 2.24) is 14.9 Å². The van der Waals surface area contributed by atoms with E-state index in [2.05, 4.69) is 21.8 Å². The highest BCUT2D eigenvalue weighted by Gasteiger charge is 2.23. The van der Waals surface area contributed by atoms with E-state index in [1.54, 1.807) is 6.20 Å². The number of aromatic nitrogens is 2. The lowest BCUT2D eigenvalue weighted by molar-refractivity contribution is 0.0950. The smallest absolute Gasteiger partial charge is 0.267 e. The molecule has 1 atom stereocenters. The maximum atomic E-state index is 12.7. The van der Waals surface area contributed by atoms with Crippen molar-refractivity contribution < 1.29 is 9.59 Å². The summed E-state index contributed by atoms with van der Waals surface area (Å²) in [7, 11) is 0. The van der Waals surface area contributed by atoms with Crippen LogP contribution in [-0.2, 0) is 6.42 Å². The first kappa shape index (κ1) is 16.5. The number of benzene rings is 1. The molecule has 0 spiro atoms. The molecule has 3 heterocycles. The number of ketones is 1. The predicted octanol–water partition coefficient (Wildman–Crippen LogP) is 3.46. The van der Waals surface area contributed by atoms with E-state index in [0.29, 0.717) is 17.8 Å². The van der Waals surface area contributed by atoms with Crippen LogP contribution in [0.15, 0.2) is 42.6 Å². The van der Waals surface area contributed by atoms with E-state index < -0.39 is 0 Å². The van der Waals surface area contributed by atoms with Gasteiger partial charge in [0.1, 0.15) is 5.69 Å². The molecule has 1 unspecified atom stereocenters. The Kier molecular flexibility index (Phi) is 4.07. The molecule has 1 aromatic carbocycles. The topological polar surface area (TPSA) is 64.0 Å². The summed E-state index contributed by atoms with van der Waals surface area (Å²) in [4.78, 5) is 29.3. The van der Waals surface area contributed by atoms with Gasteiger partial charge in [-0.3, -0.25) is 14.6 Å². The molecule has 1 amide bonds. The molecule has 1 aliphatic rings. The number of nitrogens with one attached hydrogen (secondary N) is 1. The average molecular weight is 347 g/mol. The number of aryl methyl sites for hydroxylation is 1. The number of hydrogen-bond acceptors (Lipinski definition) is 3. The van der Waals surface area contributed by atoms with Crippen LogP contribution in [0.4, 0.5) is 0 Å². The van der Waals surface area contributed by atoms with Crippen molar-refractivity contribution in [3.05, 3.63) is 65.1 Å². The fourth-order valence-electron chi connectivity index (χ4n) is 3.62. The zero-order chi connectivity index (χ0) is 18.3. The number of rotatable bonds is 3. The monoisotopic (exact) mass is 347 g/mol. The van der Waals surface area contributed by atoms with Gasteiger partial charge in [-0.2, -0.15) is 0 Å². The van der Waals surface area contributed by atoms with Gasteiger partial charge < -0.3 is 9.88 Å². The Morgan fingerprint density at radius 3 is 2.92 bits per heavy atom. The SMILES string of the molecule is Cc1ccnc(CC(=O)c2ccc3cc4n(c3c2)C(C)CCNC4=O)c1. The minimum atomic E-state index is -0.0533. The normalized spacial score (nSPS) is 16.8. The molecule has 5 heteroatoms. The van der Waals surface area contributed by atoms with Gasteiger partial charge in [-0.1, -0.05) is 12.1 Å². The van der Waals surface area contributed by atoms with E-state index in [9.17, 15) is 9.59 Å². The quantitative estimate of drug-likeness (QED) is 0.738. The highest BCUT2D eigenvalue weighted by Crippen LogP contribution is 2.28. The van der Waals surface area contributed by atoms with Gasteiger partial charge in [0.05, 0.1) is 6.42 Å². The molecule has 4 rings (SSSR count). The van der Waals surface area contributed by atoms with Crippen LogP contribution in [0.3, 0.4) is 0 Å². The first-order valence-corrected chi connectivity index (χ1v) is 8.91. The number of carbonyl (C=O) groups excluding carboxylic acids is 2. The van der Waals surface area contributed by atoms with Crippen molar-refractivity contribution in [2.45, 2.75) is 32.7 Å². The third-order valence-electron chi connectivity index (χ3n) is 5.00. The lowest BCUT2D eigenvalue weighted by Crippen LogP contribution is -2.22. The van der Waals surface area contributed by atoms with Crippen molar-refractivity contribution in [2.75, 3.05) is 6.54 Å². The second-order valence-electron chi connectivity index (χ2n) is 6.99. The van der Waals surface area contributed by atoms with Crippen molar-refractivity contribution in [3.63, 3.8) is 0 Å². The van der Waals surface area contributed by atoms with E-state index in [1.165, 1.54) is 0 Å². The third kappa shape index (κ3) is 2.90. The van der Waals surface area contributed by atoms with Crippen LogP contribution >= 0.6 is 0 Å². The van der Waals surface area contributed by atoms with Gasteiger partial charge in [-0.05, 0) is 50.1 Å². The molecular formula is C21H21N3O2. The van der Waals surface area contributed by atoms with Crippen LogP contribution in [-0.4, -0.2) is 27.8 Å². The zero-order valence-electron chi connectivity index (χ0n) is 15.0. The van der Waals surface area contributed by atoms with Gasteiger partial charge in [-0.25, -0.2) is 0 Å². The predicted molar refractivity (Wildman–Crippen MR) is 101 cm³/mol. The maximum absolute atomic E-state index is 12.7. The van der Waals surface area contributed by atoms with Crippen molar-refractivity contribution >= 4 is 22.6 Å². The van der Waals surface area contributed by atoms with Crippen LogP contribution in [0.25, 0.3) is 10.9 Å². The first-order chi connectivity index (χ1) is 12.5. The minimum Gasteiger partial charge on any atom is -0.351 e. The van der Waals surface area contributed by atoms with Crippen molar-refractivity contribution in [3.8, 4) is 0 Å². The summed E-state index contributed by atoms with van der Waals surface area (Å²) in [6, 6.07) is 11.6. The fourth-order valence-corrected chi connectivity index (χ4v) is 3.62. The Bertz CT molecular complexity index is 1020. The number of nitrogens with zero attached hydrogens (tertiary/aromatic N) is 2. The number of amides is 1. The molecule has 5 nitrogen and oxygen atoms in total. The largest absolute Gasteiger partial charge is 0.351 e. The van der Waals surface area contributed by atoms with Gasteiger partial charge in [0.15, 0.2) is 5.78 Å². The molecule has 0 bridgehead atoms. The molecule has 0 saturated heterocycles. The summed E-state index contributed by atoms with van der Waals surface area (Å²) in [6.07, 6.45) is 2.87. The van der Waals surface area contributed by atoms with Gasteiger partial charge in [-0.15, -0.1) is 0 Å². The number of pyridine rings is 1. The van der Waals surface area contributed by atoms with Gasteiger partial charge in [0.25, 0.3) is 5.91 Å². The van der Waals surface area contributed by atoms with E-state index in [-0.39, 0.29) is 24.2 Å². The lowest BCUT2D eigenvalue weighted by Gasteiger charge is -2.14. The molecule has 0 fully saturated rings. The van der Waals surface area contributed by atoms with Crippen LogP contribution in [0.1, 0.15) is 51.5 Å². The van der Waals surface area contributed by atoms with Gasteiger partial charge in [0.2, 0.25) is 0 Å². The number of fused-ring (bicyclic) bond motifs is 3. The summed E-state index contributed by atoms with van der Waals surface area (Å²) in [5.41, 5.74) is 4.12. The van der Waals surface area contributed by atoms with Crippen molar-refractivity contribution in [2.24, 2.45) is 0 Å². The van der Waals surface area contributed by atoms with Crippen LogP contribution in [0, 0.1) is 6.92 Å². The highest BCUT2D eigenvalue weighted by molar-refractivity contribution is 6.03. The number of carbonyl (C=O) groups is 2. The second kappa shape index (κ2) is 6.41. The Morgan fingerprint density at radius 1 is 1.27 bits per heavy atom. The summed E-state index contributed by atoms with van der Waals surface area (Å²) in [5, 5.41) is 3.91. The van der Waals surface area contributed by atoms with Crippen molar-refractivity contribution in [1.29, 1.82) is 0 Å². The Balaban J connectivity index is 1.73. The van der Waals surface area contributed by atoms with E-state index in [0.717, 1.165) is 28.6 Å². The standard InChI is InChI=1S/C21H21N3O2/c1-13-5-7-22-17(9-13)12-20(25)16-4-3-15-10-19-21(26)23-8-6-14(2)24(19)18(15)11-16/h3-5,7,9-11,14H,6,8,12H2,1-2H3,(H,23,26). The molecule has 26 heavy (non-hydrogen) atoms. The molecule has 3 aromatic rings. The molecule has 0 aliphatic carbocycles. The van der Waals surface area contributed by atoms with Crippen LogP contribution in [0.5, 0.6) is 0 Å². The number of Topliss-reactive ketones (excluding diaryl/α,β-unsaturated/α-hetero) is 1. The fraction of sp³-hybridized carbons (Fsp3) is 0.286. The van der Waals surface area contributed by atoms with E-state index in [4.69, 9.17) is 0 Å². The average Bonchev–Trinajstić information content (AvgIpc) is 2.93. The van der Waals surface area contributed by atoms with Gasteiger partial charge in [0, 0.05) is 40.9 Å². The zero-order valence-corrected chi connectivity index (χ0v) is 15.0. The minimum absolute atomic E-state index is 0.0336. The summed E-state index contributed by atoms with van der Waals surface area (Å²) < 4.78 is 2.05. The maximum Gasteiger partial charge on any atom is 0.267 e. The van der Waals surface area contributed by atoms with E-state index >= 15 is 0 Å². The Hall–Kier alpha value is -2.95. The Morgan fingerprint density at radius 2 is 2.12 bits per heavy atom. The molecule has 1 N–H and O–H groups in total. The summed E-state index contributed by atoms with van der Waals surface area (Å²) in [6.45, 7) is 4.76. The molecule has 0 radical (unpaired) electrons. The molecule has 2 aromatic heterocycles. The first-order valence-electron chi connectivity index (χ1n) is 8.91.